The van der Waals surface area contributed by atoms with Crippen LogP contribution in [0.3, 0.4) is 0 Å². The molecular formula is C17H18N5O2S+. The van der Waals surface area contributed by atoms with Gasteiger partial charge < -0.3 is 15.2 Å². The van der Waals surface area contributed by atoms with Crippen molar-refractivity contribution in [3.8, 4) is 0 Å². The lowest BCUT2D eigenvalue weighted by Crippen LogP contribution is -2.89. The van der Waals surface area contributed by atoms with Crippen molar-refractivity contribution >= 4 is 34.2 Å². The standard InChI is InChI=1S/C17H17N5O2S/c23-22(24)15-6-5-12(21-9-7-18-8-10-21)11-16(15)25-17-19-13-3-1-2-4-14(13)20-17/h1-6,11,18H,7-10H2,(H,19,20)/p+1. The Labute approximate surface area is 148 Å². The fourth-order valence-electron chi connectivity index (χ4n) is 3.02. The molecule has 1 aliphatic heterocycles. The number of hydrogen-bond acceptors (Lipinski definition) is 5. The van der Waals surface area contributed by atoms with Crippen LogP contribution in [0.4, 0.5) is 11.4 Å². The number of para-hydroxylation sites is 2. The van der Waals surface area contributed by atoms with E-state index in [1.807, 2.05) is 36.4 Å². The van der Waals surface area contributed by atoms with Crippen LogP contribution >= 0.6 is 11.8 Å². The number of nitrogens with one attached hydrogen (secondary N) is 1. The highest BCUT2D eigenvalue weighted by Crippen LogP contribution is 2.36. The van der Waals surface area contributed by atoms with Crippen LogP contribution < -0.4 is 10.2 Å². The van der Waals surface area contributed by atoms with E-state index in [2.05, 4.69) is 20.2 Å². The van der Waals surface area contributed by atoms with E-state index in [1.165, 1.54) is 11.8 Å². The highest BCUT2D eigenvalue weighted by molar-refractivity contribution is 7.99. The molecule has 25 heavy (non-hydrogen) atoms. The van der Waals surface area contributed by atoms with E-state index >= 15 is 0 Å². The molecular weight excluding hydrogens is 338 g/mol. The number of nitro groups is 1. The number of H-pyrrole nitrogens is 1. The normalized spacial score (nSPS) is 14.8. The summed E-state index contributed by atoms with van der Waals surface area (Å²) >= 11 is 1.30. The molecule has 7 nitrogen and oxygen atoms in total. The summed E-state index contributed by atoms with van der Waals surface area (Å²) in [6.07, 6.45) is 0. The van der Waals surface area contributed by atoms with Gasteiger partial charge in [-0.2, -0.15) is 0 Å². The van der Waals surface area contributed by atoms with Crippen LogP contribution in [0.25, 0.3) is 11.0 Å². The van der Waals surface area contributed by atoms with Crippen molar-refractivity contribution in [3.05, 3.63) is 52.6 Å². The zero-order valence-electron chi connectivity index (χ0n) is 13.5. The fourth-order valence-corrected chi connectivity index (χ4v) is 3.96. The number of rotatable bonds is 4. The summed E-state index contributed by atoms with van der Waals surface area (Å²) in [4.78, 5) is 21.7. The van der Waals surface area contributed by atoms with Crippen molar-refractivity contribution in [3.63, 3.8) is 0 Å². The summed E-state index contributed by atoms with van der Waals surface area (Å²) in [5.41, 5.74) is 2.92. The van der Waals surface area contributed by atoms with E-state index in [4.69, 9.17) is 0 Å². The predicted molar refractivity (Wildman–Crippen MR) is 97.2 cm³/mol. The smallest absolute Gasteiger partial charge is 0.283 e. The lowest BCUT2D eigenvalue weighted by molar-refractivity contribution is -0.655. The van der Waals surface area contributed by atoms with E-state index in [-0.39, 0.29) is 10.6 Å². The predicted octanol–water partition coefficient (Wildman–Crippen LogP) is 2.01. The summed E-state index contributed by atoms with van der Waals surface area (Å²) in [5, 5.41) is 14.4. The Hall–Kier alpha value is -2.58. The van der Waals surface area contributed by atoms with Gasteiger partial charge in [0.25, 0.3) is 5.69 Å². The quantitative estimate of drug-likeness (QED) is 0.551. The average molecular weight is 356 g/mol. The molecule has 1 aliphatic rings. The SMILES string of the molecule is O=[N+]([O-])c1ccc(N2CC[NH2+]CC2)cc1Sc1nc2ccccc2[nH]1. The number of nitrogens with zero attached hydrogens (tertiary/aromatic N) is 3. The van der Waals surface area contributed by atoms with E-state index in [0.29, 0.717) is 10.1 Å². The number of aromatic amines is 1. The topological polar surface area (TPSA) is 91.7 Å². The Kier molecular flexibility index (Phi) is 4.29. The maximum absolute atomic E-state index is 11.4. The number of quaternary nitrogens is 1. The molecule has 1 fully saturated rings. The summed E-state index contributed by atoms with van der Waals surface area (Å²) in [7, 11) is 0. The molecule has 2 aromatic carbocycles. The highest BCUT2D eigenvalue weighted by atomic mass is 32.2. The van der Waals surface area contributed by atoms with E-state index in [0.717, 1.165) is 42.9 Å². The highest BCUT2D eigenvalue weighted by Gasteiger charge is 2.20. The van der Waals surface area contributed by atoms with Gasteiger partial charge in [0, 0.05) is 11.8 Å². The maximum atomic E-state index is 11.4. The Morgan fingerprint density at radius 2 is 2.00 bits per heavy atom. The van der Waals surface area contributed by atoms with Crippen LogP contribution in [0.5, 0.6) is 0 Å². The molecule has 0 saturated carbocycles. The molecule has 0 spiro atoms. The number of aromatic nitrogens is 2. The van der Waals surface area contributed by atoms with Gasteiger partial charge in [-0.15, -0.1) is 0 Å². The lowest BCUT2D eigenvalue weighted by Gasteiger charge is -2.27. The molecule has 3 aromatic rings. The van der Waals surface area contributed by atoms with Gasteiger partial charge in [0.05, 0.1) is 47.0 Å². The minimum Gasteiger partial charge on any atom is -0.360 e. The van der Waals surface area contributed by atoms with Crippen molar-refractivity contribution in [1.82, 2.24) is 9.97 Å². The fraction of sp³-hybridized carbons (Fsp3) is 0.235. The van der Waals surface area contributed by atoms with Crippen LogP contribution in [0.15, 0.2) is 52.5 Å². The maximum Gasteiger partial charge on any atom is 0.283 e. The van der Waals surface area contributed by atoms with Crippen LogP contribution in [0.1, 0.15) is 0 Å². The van der Waals surface area contributed by atoms with Crippen LogP contribution in [0.2, 0.25) is 0 Å². The zero-order valence-corrected chi connectivity index (χ0v) is 14.3. The first kappa shape index (κ1) is 15.9. The van der Waals surface area contributed by atoms with Gasteiger partial charge in [-0.05, 0) is 36.0 Å². The summed E-state index contributed by atoms with van der Waals surface area (Å²) in [6, 6.07) is 13.1. The molecule has 0 atom stereocenters. The number of fused-ring (bicyclic) bond motifs is 1. The van der Waals surface area contributed by atoms with Gasteiger partial charge >= 0.3 is 0 Å². The molecule has 3 N–H and O–H groups in total. The lowest BCUT2D eigenvalue weighted by atomic mass is 10.2. The first-order valence-corrected chi connectivity index (χ1v) is 9.00. The molecule has 1 aromatic heterocycles. The number of anilines is 1. The Morgan fingerprint density at radius 3 is 2.76 bits per heavy atom. The number of nitro benzene ring substituents is 1. The second-order valence-corrected chi connectivity index (χ2v) is 6.95. The second kappa shape index (κ2) is 6.73. The third-order valence-electron chi connectivity index (χ3n) is 4.29. The van der Waals surface area contributed by atoms with E-state index in [9.17, 15) is 10.1 Å². The van der Waals surface area contributed by atoms with Gasteiger partial charge in [0.2, 0.25) is 0 Å². The average Bonchev–Trinajstić information content (AvgIpc) is 3.04. The number of imidazole rings is 1. The van der Waals surface area contributed by atoms with Gasteiger partial charge in [-0.3, -0.25) is 10.1 Å². The van der Waals surface area contributed by atoms with E-state index < -0.39 is 0 Å². The zero-order chi connectivity index (χ0) is 17.2. The third-order valence-corrected chi connectivity index (χ3v) is 5.22. The Balaban J connectivity index is 1.68. The molecule has 128 valence electrons. The summed E-state index contributed by atoms with van der Waals surface area (Å²) < 4.78 is 0. The summed E-state index contributed by atoms with van der Waals surface area (Å²) in [6.45, 7) is 3.99. The van der Waals surface area contributed by atoms with Gasteiger partial charge in [-0.1, -0.05) is 12.1 Å². The van der Waals surface area contributed by atoms with Crippen LogP contribution in [-0.4, -0.2) is 41.1 Å². The monoisotopic (exact) mass is 356 g/mol. The number of hydrogen-bond donors (Lipinski definition) is 2. The van der Waals surface area contributed by atoms with Crippen molar-refractivity contribution in [2.75, 3.05) is 31.1 Å². The largest absolute Gasteiger partial charge is 0.360 e. The van der Waals surface area contributed by atoms with Crippen molar-refractivity contribution in [2.45, 2.75) is 10.1 Å². The number of benzene rings is 2. The second-order valence-electron chi connectivity index (χ2n) is 5.92. The minimum absolute atomic E-state index is 0.109. The Morgan fingerprint density at radius 1 is 1.20 bits per heavy atom. The van der Waals surface area contributed by atoms with Crippen molar-refractivity contribution in [2.24, 2.45) is 0 Å². The molecule has 2 heterocycles. The first-order chi connectivity index (χ1) is 12.2. The van der Waals surface area contributed by atoms with Crippen LogP contribution in [0, 0.1) is 10.1 Å². The van der Waals surface area contributed by atoms with E-state index in [1.54, 1.807) is 6.07 Å². The molecule has 0 unspecified atom stereocenters. The van der Waals surface area contributed by atoms with Gasteiger partial charge in [0.15, 0.2) is 5.16 Å². The Bertz CT molecular complexity index is 887. The third kappa shape index (κ3) is 3.31. The number of piperazine rings is 1. The minimum atomic E-state index is -0.335. The van der Waals surface area contributed by atoms with Crippen LogP contribution in [-0.2, 0) is 0 Å². The first-order valence-electron chi connectivity index (χ1n) is 8.18. The van der Waals surface area contributed by atoms with Gasteiger partial charge in [-0.25, -0.2) is 4.98 Å². The molecule has 4 rings (SSSR count). The van der Waals surface area contributed by atoms with Crippen molar-refractivity contribution in [1.29, 1.82) is 0 Å². The van der Waals surface area contributed by atoms with Crippen molar-refractivity contribution < 1.29 is 10.2 Å². The molecule has 0 radical (unpaired) electrons. The molecule has 0 aliphatic carbocycles. The molecule has 8 heteroatoms. The summed E-state index contributed by atoms with van der Waals surface area (Å²) in [5.74, 6) is 0. The molecule has 1 saturated heterocycles. The molecule has 0 amide bonds. The number of nitrogens with two attached hydrogens (primary N) is 1. The molecule has 0 bridgehead atoms. The van der Waals surface area contributed by atoms with Gasteiger partial charge in [0.1, 0.15) is 0 Å².